The van der Waals surface area contributed by atoms with Gasteiger partial charge in [0.2, 0.25) is 10.0 Å². The quantitative estimate of drug-likeness (QED) is 0.793. The maximum Gasteiger partial charge on any atom is 0.417 e. The molecule has 2 aromatic rings. The average Bonchev–Trinajstić information content (AvgIpc) is 2.94. The third-order valence-electron chi connectivity index (χ3n) is 3.37. The van der Waals surface area contributed by atoms with Gasteiger partial charge in [-0.15, -0.1) is 0 Å². The Hall–Kier alpha value is -1.36. The molecule has 2 heterocycles. The number of ether oxygens (including phenoxy) is 1. The lowest BCUT2D eigenvalue weighted by molar-refractivity contribution is -0.137. The van der Waals surface area contributed by atoms with Crippen LogP contribution in [0.5, 0.6) is 5.19 Å². The average molecular weight is 399 g/mol. The molecule has 0 radical (unpaired) electrons. The topological polar surface area (TPSA) is 59.5 Å². The molecule has 1 aromatic carbocycles. The summed E-state index contributed by atoms with van der Waals surface area (Å²) in [5.41, 5.74) is -1.18. The van der Waals surface area contributed by atoms with Gasteiger partial charge in [-0.3, -0.25) is 0 Å². The van der Waals surface area contributed by atoms with Crippen LogP contribution in [0.15, 0.2) is 34.7 Å². The third-order valence-corrected chi connectivity index (χ3v) is 6.19. The first-order chi connectivity index (χ1) is 11.2. The van der Waals surface area contributed by atoms with E-state index in [9.17, 15) is 21.6 Å². The molecule has 1 saturated heterocycles. The number of halogens is 4. The molecule has 130 valence electrons. The van der Waals surface area contributed by atoms with Crippen molar-refractivity contribution in [2.45, 2.75) is 17.2 Å². The minimum absolute atomic E-state index is 0.0475. The van der Waals surface area contributed by atoms with Crippen LogP contribution in [0.2, 0.25) is 5.02 Å². The smallest absolute Gasteiger partial charge is 0.417 e. The summed E-state index contributed by atoms with van der Waals surface area (Å²) >= 11 is 6.78. The zero-order valence-electron chi connectivity index (χ0n) is 11.8. The Morgan fingerprint density at radius 1 is 1.33 bits per heavy atom. The third kappa shape index (κ3) is 3.37. The summed E-state index contributed by atoms with van der Waals surface area (Å²) in [6, 6.07) is 2.54. The standard InChI is InChI=1S/C13H10ClF3N2O3S2/c14-11-2-1-9(5-10(11)13(15,16)17)24(20,21)19-6-8(7-19)22-12-18-3-4-23-12/h1-5,8H,6-7H2. The van der Waals surface area contributed by atoms with E-state index in [4.69, 9.17) is 16.3 Å². The summed E-state index contributed by atoms with van der Waals surface area (Å²) in [4.78, 5) is 3.47. The number of benzene rings is 1. The van der Waals surface area contributed by atoms with Crippen molar-refractivity contribution in [1.82, 2.24) is 9.29 Å². The number of thiazole rings is 1. The first kappa shape index (κ1) is 17.5. The van der Waals surface area contributed by atoms with Gasteiger partial charge in [0.15, 0.2) is 0 Å². The summed E-state index contributed by atoms with van der Waals surface area (Å²) in [6.45, 7) is 0.0950. The molecule has 1 aromatic heterocycles. The van der Waals surface area contributed by atoms with Crippen molar-refractivity contribution < 1.29 is 26.3 Å². The van der Waals surface area contributed by atoms with Crippen molar-refractivity contribution in [2.75, 3.05) is 13.1 Å². The van der Waals surface area contributed by atoms with Crippen molar-refractivity contribution in [3.63, 3.8) is 0 Å². The van der Waals surface area contributed by atoms with Crippen LogP contribution in [0.25, 0.3) is 0 Å². The fraction of sp³-hybridized carbons (Fsp3) is 0.308. The molecule has 0 atom stereocenters. The fourth-order valence-electron chi connectivity index (χ4n) is 2.11. The minimum Gasteiger partial charge on any atom is -0.464 e. The maximum absolute atomic E-state index is 12.9. The number of aromatic nitrogens is 1. The molecule has 11 heteroatoms. The van der Waals surface area contributed by atoms with Crippen LogP contribution in [-0.4, -0.2) is 36.9 Å². The van der Waals surface area contributed by atoms with Crippen molar-refractivity contribution in [1.29, 1.82) is 0 Å². The van der Waals surface area contributed by atoms with E-state index in [1.54, 1.807) is 11.6 Å². The molecule has 0 bridgehead atoms. The van der Waals surface area contributed by atoms with Gasteiger partial charge in [-0.25, -0.2) is 13.4 Å². The number of sulfonamides is 1. The predicted molar refractivity (Wildman–Crippen MR) is 81.7 cm³/mol. The Bertz CT molecular complexity index is 835. The number of alkyl halides is 3. The first-order valence-electron chi connectivity index (χ1n) is 6.61. The molecule has 5 nitrogen and oxygen atoms in total. The van der Waals surface area contributed by atoms with Crippen LogP contribution in [0, 0.1) is 0 Å². The van der Waals surface area contributed by atoms with Gasteiger partial charge >= 0.3 is 6.18 Å². The molecule has 24 heavy (non-hydrogen) atoms. The van der Waals surface area contributed by atoms with E-state index in [1.165, 1.54) is 11.3 Å². The van der Waals surface area contributed by atoms with E-state index in [-0.39, 0.29) is 19.2 Å². The van der Waals surface area contributed by atoms with E-state index in [0.29, 0.717) is 11.3 Å². The second-order valence-electron chi connectivity index (χ2n) is 5.00. The predicted octanol–water partition coefficient (Wildman–Crippen LogP) is 3.27. The monoisotopic (exact) mass is 398 g/mol. The van der Waals surface area contributed by atoms with Crippen LogP contribution in [0.1, 0.15) is 5.56 Å². The molecule has 0 aliphatic carbocycles. The van der Waals surface area contributed by atoms with E-state index < -0.39 is 31.7 Å². The zero-order chi connectivity index (χ0) is 17.5. The lowest BCUT2D eigenvalue weighted by Gasteiger charge is -2.37. The molecular formula is C13H10ClF3N2O3S2. The van der Waals surface area contributed by atoms with Gasteiger partial charge < -0.3 is 4.74 Å². The van der Waals surface area contributed by atoms with Crippen LogP contribution < -0.4 is 4.74 Å². The SMILES string of the molecule is O=S(=O)(c1ccc(Cl)c(C(F)(F)F)c1)N1CC(Oc2nccs2)C1. The van der Waals surface area contributed by atoms with Crippen molar-refractivity contribution in [3.05, 3.63) is 40.4 Å². The molecule has 0 amide bonds. The number of nitrogens with zero attached hydrogens (tertiary/aromatic N) is 2. The largest absolute Gasteiger partial charge is 0.464 e. The summed E-state index contributed by atoms with van der Waals surface area (Å²) in [5, 5.41) is 1.59. The highest BCUT2D eigenvalue weighted by Gasteiger charge is 2.40. The van der Waals surface area contributed by atoms with Gasteiger partial charge in [-0.1, -0.05) is 22.9 Å². The Balaban J connectivity index is 1.75. The molecular weight excluding hydrogens is 389 g/mol. The molecule has 1 aliphatic rings. The number of hydrogen-bond acceptors (Lipinski definition) is 5. The summed E-state index contributed by atoms with van der Waals surface area (Å²) in [5.74, 6) is 0. The highest BCUT2D eigenvalue weighted by molar-refractivity contribution is 7.89. The molecule has 0 spiro atoms. The Morgan fingerprint density at radius 2 is 2.04 bits per heavy atom. The fourth-order valence-corrected chi connectivity index (χ4v) is 4.42. The van der Waals surface area contributed by atoms with E-state index >= 15 is 0 Å². The van der Waals surface area contributed by atoms with Crippen molar-refractivity contribution in [3.8, 4) is 5.19 Å². The maximum atomic E-state index is 12.9. The normalized spacial score (nSPS) is 16.8. The van der Waals surface area contributed by atoms with Gasteiger partial charge in [0.05, 0.1) is 28.6 Å². The Labute approximate surface area is 144 Å². The molecule has 1 aliphatic heterocycles. The molecule has 1 fully saturated rings. The molecule has 3 rings (SSSR count). The summed E-state index contributed by atoms with van der Waals surface area (Å²) in [7, 11) is -4.04. The van der Waals surface area contributed by atoms with Gasteiger partial charge in [-0.2, -0.15) is 17.5 Å². The van der Waals surface area contributed by atoms with Gasteiger partial charge in [0.25, 0.3) is 5.19 Å². The zero-order valence-corrected chi connectivity index (χ0v) is 14.2. The van der Waals surface area contributed by atoms with Crippen LogP contribution >= 0.6 is 22.9 Å². The lowest BCUT2D eigenvalue weighted by atomic mass is 10.2. The lowest BCUT2D eigenvalue weighted by Crippen LogP contribution is -2.55. The Morgan fingerprint density at radius 3 is 2.62 bits per heavy atom. The Kier molecular flexibility index (Phi) is 4.49. The van der Waals surface area contributed by atoms with Gasteiger partial charge in [0.1, 0.15) is 6.10 Å². The van der Waals surface area contributed by atoms with Crippen molar-refractivity contribution >= 4 is 33.0 Å². The van der Waals surface area contributed by atoms with Crippen molar-refractivity contribution in [2.24, 2.45) is 0 Å². The van der Waals surface area contributed by atoms with Crippen LogP contribution in [-0.2, 0) is 16.2 Å². The molecule has 0 saturated carbocycles. The summed E-state index contributed by atoms with van der Waals surface area (Å²) in [6.07, 6.45) is -3.55. The van der Waals surface area contributed by atoms with Gasteiger partial charge in [-0.05, 0) is 18.2 Å². The summed E-state index contributed by atoms with van der Waals surface area (Å²) < 4.78 is 69.9. The highest BCUT2D eigenvalue weighted by atomic mass is 35.5. The molecule has 0 N–H and O–H groups in total. The van der Waals surface area contributed by atoms with Gasteiger partial charge in [0, 0.05) is 11.6 Å². The van der Waals surface area contributed by atoms with Crippen LogP contribution in [0.4, 0.5) is 13.2 Å². The number of rotatable bonds is 4. The van der Waals surface area contributed by atoms with E-state index in [0.717, 1.165) is 16.4 Å². The molecule has 0 unspecified atom stereocenters. The minimum atomic E-state index is -4.73. The second kappa shape index (κ2) is 6.17. The second-order valence-corrected chi connectivity index (χ2v) is 8.20. The number of hydrogen-bond donors (Lipinski definition) is 0. The van der Waals surface area contributed by atoms with Crippen LogP contribution in [0.3, 0.4) is 0 Å². The van der Waals surface area contributed by atoms with E-state index in [1.807, 2.05) is 0 Å². The first-order valence-corrected chi connectivity index (χ1v) is 9.31. The highest BCUT2D eigenvalue weighted by Crippen LogP contribution is 2.37. The van der Waals surface area contributed by atoms with E-state index in [2.05, 4.69) is 4.98 Å².